The summed E-state index contributed by atoms with van der Waals surface area (Å²) < 4.78 is 1.36. The van der Waals surface area contributed by atoms with Crippen LogP contribution in [0.15, 0.2) is 30.5 Å². The van der Waals surface area contributed by atoms with Crippen LogP contribution in [0.3, 0.4) is 0 Å². The minimum Gasteiger partial charge on any atom is -0.478 e. The predicted molar refractivity (Wildman–Crippen MR) is 68.6 cm³/mol. The highest BCUT2D eigenvalue weighted by Gasteiger charge is 2.12. The Morgan fingerprint density at radius 1 is 1.40 bits per heavy atom. The summed E-state index contributed by atoms with van der Waals surface area (Å²) in [6.45, 7) is 0. The number of aromatic nitrogens is 2. The van der Waals surface area contributed by atoms with E-state index in [0.29, 0.717) is 5.69 Å². The van der Waals surface area contributed by atoms with E-state index in [1.54, 1.807) is 0 Å². The Bertz CT molecular complexity index is 727. The molecule has 100 valence electrons. The molecule has 2 aromatic rings. The van der Waals surface area contributed by atoms with Crippen LogP contribution >= 0.6 is 0 Å². The molecule has 0 fully saturated rings. The van der Waals surface area contributed by atoms with Gasteiger partial charge in [0.2, 0.25) is 0 Å². The van der Waals surface area contributed by atoms with E-state index < -0.39 is 5.97 Å². The molecular formula is C13H10N4O3. The Kier molecular flexibility index (Phi) is 3.48. The van der Waals surface area contributed by atoms with Crippen molar-refractivity contribution in [2.45, 2.75) is 0 Å². The Hall–Kier alpha value is -3.14. The first kappa shape index (κ1) is 13.3. The summed E-state index contributed by atoms with van der Waals surface area (Å²) >= 11 is 0. The number of carbonyl (C=O) groups excluding carboxylic acids is 1. The van der Waals surface area contributed by atoms with Gasteiger partial charge < -0.3 is 10.4 Å². The van der Waals surface area contributed by atoms with Crippen molar-refractivity contribution in [2.24, 2.45) is 0 Å². The van der Waals surface area contributed by atoms with Crippen LogP contribution in [0.25, 0.3) is 5.69 Å². The van der Waals surface area contributed by atoms with Gasteiger partial charge in [0, 0.05) is 13.2 Å². The number of amides is 1. The first-order valence-corrected chi connectivity index (χ1v) is 5.62. The standard InChI is InChI=1S/C13H10N4O3/c1-15-12(18)10-4-5-17(16-10)11-3-2-8(13(19)20)6-9(11)7-14/h2-6H,1H3,(H,15,18)(H,19,20). The minimum atomic E-state index is -1.11. The van der Waals surface area contributed by atoms with E-state index in [2.05, 4.69) is 10.4 Å². The van der Waals surface area contributed by atoms with Crippen molar-refractivity contribution in [1.29, 1.82) is 5.26 Å². The molecule has 0 radical (unpaired) electrons. The van der Waals surface area contributed by atoms with Crippen LogP contribution in [-0.4, -0.2) is 33.8 Å². The summed E-state index contributed by atoms with van der Waals surface area (Å²) in [4.78, 5) is 22.3. The van der Waals surface area contributed by atoms with E-state index in [9.17, 15) is 9.59 Å². The molecule has 0 spiro atoms. The minimum absolute atomic E-state index is 0.0176. The zero-order valence-electron chi connectivity index (χ0n) is 10.5. The van der Waals surface area contributed by atoms with Crippen LogP contribution in [0.4, 0.5) is 0 Å². The average molecular weight is 270 g/mol. The molecule has 0 unspecified atom stereocenters. The molecule has 0 aliphatic heterocycles. The van der Waals surface area contributed by atoms with Crippen LogP contribution in [-0.2, 0) is 0 Å². The third kappa shape index (κ3) is 2.35. The fourth-order valence-electron chi connectivity index (χ4n) is 1.67. The maximum absolute atomic E-state index is 11.4. The Balaban J connectivity index is 2.48. The van der Waals surface area contributed by atoms with E-state index in [1.165, 1.54) is 42.2 Å². The summed E-state index contributed by atoms with van der Waals surface area (Å²) in [5, 5.41) is 24.5. The SMILES string of the molecule is CNC(=O)c1ccn(-c2ccc(C(=O)O)cc2C#N)n1. The summed E-state index contributed by atoms with van der Waals surface area (Å²) in [6, 6.07) is 7.53. The molecule has 1 heterocycles. The number of nitrogens with one attached hydrogen (secondary N) is 1. The van der Waals surface area contributed by atoms with Gasteiger partial charge in [-0.2, -0.15) is 10.4 Å². The van der Waals surface area contributed by atoms with E-state index >= 15 is 0 Å². The molecule has 2 N–H and O–H groups in total. The molecule has 0 atom stereocenters. The average Bonchev–Trinajstić information content (AvgIpc) is 2.95. The van der Waals surface area contributed by atoms with Gasteiger partial charge >= 0.3 is 5.97 Å². The monoisotopic (exact) mass is 270 g/mol. The second-order valence-electron chi connectivity index (χ2n) is 3.87. The largest absolute Gasteiger partial charge is 0.478 e. The highest BCUT2D eigenvalue weighted by Crippen LogP contribution is 2.16. The van der Waals surface area contributed by atoms with E-state index in [4.69, 9.17) is 10.4 Å². The van der Waals surface area contributed by atoms with Gasteiger partial charge in [-0.15, -0.1) is 0 Å². The van der Waals surface area contributed by atoms with Gasteiger partial charge in [0.15, 0.2) is 5.69 Å². The smallest absolute Gasteiger partial charge is 0.335 e. The number of benzene rings is 1. The zero-order chi connectivity index (χ0) is 14.7. The van der Waals surface area contributed by atoms with Crippen LogP contribution in [0.2, 0.25) is 0 Å². The summed E-state index contributed by atoms with van der Waals surface area (Å²) in [5.74, 6) is -1.45. The normalized spacial score (nSPS) is 9.80. The second kappa shape index (κ2) is 5.24. The molecule has 0 bridgehead atoms. The first-order valence-electron chi connectivity index (χ1n) is 5.62. The predicted octanol–water partition coefficient (Wildman–Crippen LogP) is 0.802. The molecule has 2 rings (SSSR count). The maximum Gasteiger partial charge on any atom is 0.335 e. The Morgan fingerprint density at radius 3 is 2.75 bits per heavy atom. The van der Waals surface area contributed by atoms with Crippen molar-refractivity contribution in [3.8, 4) is 11.8 Å². The van der Waals surface area contributed by atoms with Crippen molar-refractivity contribution in [1.82, 2.24) is 15.1 Å². The molecule has 0 aliphatic carbocycles. The molecule has 1 aromatic heterocycles. The number of aromatic carboxylic acids is 1. The van der Waals surface area contributed by atoms with Crippen molar-refractivity contribution in [3.63, 3.8) is 0 Å². The lowest BCUT2D eigenvalue weighted by atomic mass is 10.1. The van der Waals surface area contributed by atoms with Crippen LogP contribution in [0.5, 0.6) is 0 Å². The summed E-state index contributed by atoms with van der Waals surface area (Å²) in [5.41, 5.74) is 0.798. The highest BCUT2D eigenvalue weighted by molar-refractivity contribution is 5.92. The van der Waals surface area contributed by atoms with Crippen molar-refractivity contribution in [2.75, 3.05) is 7.05 Å². The zero-order valence-corrected chi connectivity index (χ0v) is 10.5. The lowest BCUT2D eigenvalue weighted by molar-refractivity contribution is 0.0696. The summed E-state index contributed by atoms with van der Waals surface area (Å²) in [6.07, 6.45) is 1.53. The molecular weight excluding hydrogens is 260 g/mol. The van der Waals surface area contributed by atoms with Crippen LogP contribution in [0, 0.1) is 11.3 Å². The molecule has 20 heavy (non-hydrogen) atoms. The van der Waals surface area contributed by atoms with Crippen molar-refractivity contribution >= 4 is 11.9 Å². The topological polar surface area (TPSA) is 108 Å². The lowest BCUT2D eigenvalue weighted by Crippen LogP contribution is -2.18. The maximum atomic E-state index is 11.4. The van der Waals surface area contributed by atoms with Gasteiger partial charge in [0.1, 0.15) is 6.07 Å². The molecule has 1 amide bonds. The van der Waals surface area contributed by atoms with Gasteiger partial charge in [-0.05, 0) is 24.3 Å². The molecule has 0 saturated carbocycles. The third-order valence-corrected chi connectivity index (χ3v) is 2.66. The number of carboxylic acid groups (broad SMARTS) is 1. The first-order chi connectivity index (χ1) is 9.56. The Labute approximate surface area is 114 Å². The van der Waals surface area contributed by atoms with E-state index in [1.807, 2.05) is 6.07 Å². The quantitative estimate of drug-likeness (QED) is 0.857. The molecule has 0 saturated heterocycles. The van der Waals surface area contributed by atoms with Gasteiger partial charge in [-0.3, -0.25) is 4.79 Å². The fraction of sp³-hybridized carbons (Fsp3) is 0.0769. The molecule has 1 aromatic carbocycles. The number of nitrogens with zero attached hydrogens (tertiary/aromatic N) is 3. The number of carbonyl (C=O) groups is 2. The molecule has 7 nitrogen and oxygen atoms in total. The molecule has 0 aliphatic rings. The van der Waals surface area contributed by atoms with E-state index in [-0.39, 0.29) is 22.7 Å². The lowest BCUT2D eigenvalue weighted by Gasteiger charge is -2.05. The van der Waals surface area contributed by atoms with Gasteiger partial charge in [0.05, 0.1) is 16.8 Å². The number of nitriles is 1. The van der Waals surface area contributed by atoms with Crippen molar-refractivity contribution in [3.05, 3.63) is 47.3 Å². The fourth-order valence-corrected chi connectivity index (χ4v) is 1.67. The van der Waals surface area contributed by atoms with Crippen LogP contribution < -0.4 is 5.32 Å². The number of hydrogen-bond donors (Lipinski definition) is 2. The molecule has 7 heteroatoms. The Morgan fingerprint density at radius 2 is 2.15 bits per heavy atom. The number of rotatable bonds is 3. The number of hydrogen-bond acceptors (Lipinski definition) is 4. The van der Waals surface area contributed by atoms with Gasteiger partial charge in [0.25, 0.3) is 5.91 Å². The number of carboxylic acids is 1. The second-order valence-corrected chi connectivity index (χ2v) is 3.87. The van der Waals surface area contributed by atoms with Crippen LogP contribution in [0.1, 0.15) is 26.4 Å². The van der Waals surface area contributed by atoms with Gasteiger partial charge in [-0.25, -0.2) is 9.48 Å². The highest BCUT2D eigenvalue weighted by atomic mass is 16.4. The van der Waals surface area contributed by atoms with Gasteiger partial charge in [-0.1, -0.05) is 0 Å². The van der Waals surface area contributed by atoms with E-state index in [0.717, 1.165) is 0 Å². The third-order valence-electron chi connectivity index (χ3n) is 2.66. The summed E-state index contributed by atoms with van der Waals surface area (Å²) in [7, 11) is 1.49. The van der Waals surface area contributed by atoms with Crippen molar-refractivity contribution < 1.29 is 14.7 Å².